The Bertz CT molecular complexity index is 1530. The summed E-state index contributed by atoms with van der Waals surface area (Å²) >= 11 is 0. The Morgan fingerprint density at radius 2 is 1.79 bits per heavy atom. The van der Waals surface area contributed by atoms with E-state index in [-0.39, 0.29) is 42.5 Å². The molecule has 3 aliphatic rings. The number of H-pyrrole nitrogens is 1. The molecular formula is C33H42N4O6. The van der Waals surface area contributed by atoms with E-state index >= 15 is 0 Å². The molecule has 4 heterocycles. The molecule has 3 atom stereocenters. The lowest BCUT2D eigenvalue weighted by molar-refractivity contribution is -0.137. The van der Waals surface area contributed by atoms with E-state index in [2.05, 4.69) is 27.5 Å². The molecule has 1 aromatic heterocycles. The van der Waals surface area contributed by atoms with E-state index in [1.807, 2.05) is 46.8 Å². The summed E-state index contributed by atoms with van der Waals surface area (Å²) in [6.45, 7) is 11.7. The third kappa shape index (κ3) is 6.53. The van der Waals surface area contributed by atoms with Crippen LogP contribution < -0.4 is 10.6 Å². The number of allylic oxidation sites excluding steroid dienone is 4. The van der Waals surface area contributed by atoms with Gasteiger partial charge in [-0.1, -0.05) is 20.8 Å². The average molecular weight is 591 g/mol. The van der Waals surface area contributed by atoms with Gasteiger partial charge in [-0.25, -0.2) is 4.99 Å². The summed E-state index contributed by atoms with van der Waals surface area (Å²) in [4.78, 5) is 44.1. The van der Waals surface area contributed by atoms with Crippen molar-refractivity contribution in [1.82, 2.24) is 15.6 Å². The van der Waals surface area contributed by atoms with Crippen molar-refractivity contribution in [3.8, 4) is 0 Å². The first-order chi connectivity index (χ1) is 20.4. The smallest absolute Gasteiger partial charge is 0.303 e. The number of aliphatic imine (C=N–C) groups is 1. The SMILES string of the molecule is CCC1=C(C)C(Cc2[nH]c(/C=C3\NC(/C=C4\NC(=O)[C@H](C)[C@H]4CC)C(C)=C3CCC(=O)O)c(CC=C(O)O)c2C)=NC1=O. The van der Waals surface area contributed by atoms with E-state index in [0.717, 1.165) is 57.0 Å². The summed E-state index contributed by atoms with van der Waals surface area (Å²) in [5.41, 5.74) is 9.15. The molecule has 0 bridgehead atoms. The van der Waals surface area contributed by atoms with Gasteiger partial charge < -0.3 is 30.9 Å². The van der Waals surface area contributed by atoms with E-state index < -0.39 is 11.9 Å². The maximum atomic E-state index is 12.4. The Labute approximate surface area is 252 Å². The van der Waals surface area contributed by atoms with Crippen LogP contribution >= 0.6 is 0 Å². The van der Waals surface area contributed by atoms with Crippen molar-refractivity contribution in [2.45, 2.75) is 86.1 Å². The number of carbonyl (C=O) groups is 3. The first-order valence-electron chi connectivity index (χ1n) is 14.9. The summed E-state index contributed by atoms with van der Waals surface area (Å²) in [6, 6.07) is -0.232. The van der Waals surface area contributed by atoms with Gasteiger partial charge in [0.25, 0.3) is 11.9 Å². The lowest BCUT2D eigenvalue weighted by Gasteiger charge is -2.15. The number of aliphatic hydroxyl groups excluding tert-OH is 1. The first-order valence-corrected chi connectivity index (χ1v) is 14.9. The summed E-state index contributed by atoms with van der Waals surface area (Å²) < 4.78 is 0. The zero-order valence-electron chi connectivity index (χ0n) is 25.7. The standard InChI is InChI=1S/C33H42N4O6/c1-7-20-19(6)32(42)37-27(20)14-25-18(5)23(10-12-31(40)41)29(35-25)15-28-22(9-11-30(38)39)17(4)24(34-28)13-26-16(3)21(8-2)33(43)36-26/h11,14-15,19-20,25,34-35,38-39H,7-10,12-13H2,1-6H3,(H,37,42)(H,40,41)/b27-14-,29-15-/t19-,20-,25?/m1/s1. The maximum absolute atomic E-state index is 12.4. The Kier molecular flexibility index (Phi) is 9.47. The first kappa shape index (κ1) is 31.6. The highest BCUT2D eigenvalue weighted by atomic mass is 16.5. The lowest BCUT2D eigenvalue weighted by Crippen LogP contribution is -2.24. The van der Waals surface area contributed by atoms with Crippen molar-refractivity contribution in [2.75, 3.05) is 0 Å². The van der Waals surface area contributed by atoms with Gasteiger partial charge in [0.15, 0.2) is 0 Å². The summed E-state index contributed by atoms with van der Waals surface area (Å²) in [7, 11) is 0. The van der Waals surface area contributed by atoms with Crippen molar-refractivity contribution < 1.29 is 29.7 Å². The molecule has 1 saturated heterocycles. The molecule has 1 fully saturated rings. The second-order valence-corrected chi connectivity index (χ2v) is 11.5. The molecular weight excluding hydrogens is 548 g/mol. The summed E-state index contributed by atoms with van der Waals surface area (Å²) in [5, 5.41) is 35.0. The highest BCUT2D eigenvalue weighted by Gasteiger charge is 2.35. The van der Waals surface area contributed by atoms with Crippen molar-refractivity contribution in [1.29, 1.82) is 0 Å². The number of rotatable bonds is 11. The molecule has 1 unspecified atom stereocenters. The maximum Gasteiger partial charge on any atom is 0.303 e. The van der Waals surface area contributed by atoms with E-state index in [1.165, 1.54) is 6.08 Å². The fourth-order valence-electron chi connectivity index (χ4n) is 6.32. The topological polar surface area (TPSA) is 164 Å². The fourth-order valence-corrected chi connectivity index (χ4v) is 6.32. The van der Waals surface area contributed by atoms with Crippen LogP contribution in [0.2, 0.25) is 0 Å². The number of aromatic nitrogens is 1. The molecule has 0 spiro atoms. The number of aromatic amines is 1. The number of nitrogens with one attached hydrogen (secondary N) is 3. The Hall–Kier alpha value is -4.34. The minimum Gasteiger partial charge on any atom is -0.481 e. The number of nitrogens with zero attached hydrogens (tertiary/aromatic N) is 1. The summed E-state index contributed by atoms with van der Waals surface area (Å²) in [6.07, 6.45) is 7.65. The van der Waals surface area contributed by atoms with Gasteiger partial charge in [0.2, 0.25) is 5.91 Å². The van der Waals surface area contributed by atoms with Crippen molar-refractivity contribution in [3.05, 3.63) is 74.3 Å². The van der Waals surface area contributed by atoms with Crippen molar-refractivity contribution in [2.24, 2.45) is 16.8 Å². The van der Waals surface area contributed by atoms with Crippen LogP contribution in [0.3, 0.4) is 0 Å². The molecule has 230 valence electrons. The average Bonchev–Trinajstić information content (AvgIpc) is 3.59. The van der Waals surface area contributed by atoms with Crippen LogP contribution in [0.1, 0.15) is 82.8 Å². The Morgan fingerprint density at radius 3 is 2.40 bits per heavy atom. The van der Waals surface area contributed by atoms with Crippen LogP contribution in [0, 0.1) is 18.8 Å². The molecule has 43 heavy (non-hydrogen) atoms. The Balaban J connectivity index is 1.76. The zero-order chi connectivity index (χ0) is 31.6. The van der Waals surface area contributed by atoms with Gasteiger partial charge in [0, 0.05) is 59.1 Å². The van der Waals surface area contributed by atoms with Crippen LogP contribution in [0.4, 0.5) is 0 Å². The quantitative estimate of drug-likeness (QED) is 0.192. The number of hydrogen-bond donors (Lipinski definition) is 6. The van der Waals surface area contributed by atoms with E-state index in [4.69, 9.17) is 0 Å². The van der Waals surface area contributed by atoms with Crippen LogP contribution in [0.25, 0.3) is 6.08 Å². The number of carboxylic acids is 1. The Morgan fingerprint density at radius 1 is 1.07 bits per heavy atom. The second-order valence-electron chi connectivity index (χ2n) is 11.5. The van der Waals surface area contributed by atoms with Crippen molar-refractivity contribution in [3.63, 3.8) is 0 Å². The molecule has 0 aliphatic carbocycles. The minimum absolute atomic E-state index is 0.00326. The number of hydrogen-bond acceptors (Lipinski definition) is 6. The lowest BCUT2D eigenvalue weighted by atomic mass is 9.91. The highest BCUT2D eigenvalue weighted by Crippen LogP contribution is 2.35. The van der Waals surface area contributed by atoms with Crippen LogP contribution in [0.15, 0.2) is 56.8 Å². The van der Waals surface area contributed by atoms with Gasteiger partial charge in [0.05, 0.1) is 11.8 Å². The monoisotopic (exact) mass is 590 g/mol. The molecule has 6 N–H and O–H groups in total. The normalized spacial score (nSPS) is 23.9. The van der Waals surface area contributed by atoms with Gasteiger partial charge in [-0.2, -0.15) is 0 Å². The van der Waals surface area contributed by atoms with E-state index in [0.29, 0.717) is 30.5 Å². The van der Waals surface area contributed by atoms with Gasteiger partial charge >= 0.3 is 5.97 Å². The van der Waals surface area contributed by atoms with Gasteiger partial charge in [0.1, 0.15) is 0 Å². The predicted molar refractivity (Wildman–Crippen MR) is 165 cm³/mol. The molecule has 3 aliphatic heterocycles. The number of carbonyl (C=O) groups excluding carboxylic acids is 2. The summed E-state index contributed by atoms with van der Waals surface area (Å²) in [5.74, 6) is -1.90. The largest absolute Gasteiger partial charge is 0.481 e. The molecule has 10 heteroatoms. The fraction of sp³-hybridized carbons (Fsp3) is 0.455. The molecule has 1 aromatic rings. The number of aliphatic carboxylic acids is 1. The van der Waals surface area contributed by atoms with Crippen LogP contribution in [-0.4, -0.2) is 49.8 Å². The molecule has 0 radical (unpaired) electrons. The number of carboxylic acid groups (broad SMARTS) is 1. The van der Waals surface area contributed by atoms with Crippen molar-refractivity contribution >= 4 is 29.6 Å². The third-order valence-electron chi connectivity index (χ3n) is 9.01. The van der Waals surface area contributed by atoms with Gasteiger partial charge in [-0.05, 0) is 86.5 Å². The number of aliphatic hydroxyl groups is 2. The third-order valence-corrected chi connectivity index (χ3v) is 9.01. The second kappa shape index (κ2) is 12.9. The minimum atomic E-state index is -0.895. The van der Waals surface area contributed by atoms with E-state index in [9.17, 15) is 29.7 Å². The molecule has 0 aromatic carbocycles. The zero-order valence-corrected chi connectivity index (χ0v) is 25.7. The van der Waals surface area contributed by atoms with Gasteiger partial charge in [-0.3, -0.25) is 14.4 Å². The van der Waals surface area contributed by atoms with Gasteiger partial charge in [-0.15, -0.1) is 0 Å². The van der Waals surface area contributed by atoms with E-state index in [1.54, 1.807) is 0 Å². The molecule has 2 amide bonds. The predicted octanol–water partition coefficient (Wildman–Crippen LogP) is 5.24. The highest BCUT2D eigenvalue weighted by molar-refractivity contribution is 6.19. The molecule has 4 rings (SSSR count). The molecule has 0 saturated carbocycles. The van der Waals surface area contributed by atoms with Crippen LogP contribution in [0.5, 0.6) is 0 Å². The van der Waals surface area contributed by atoms with Crippen LogP contribution in [-0.2, 0) is 27.2 Å². The number of amides is 2. The molecule has 10 nitrogen and oxygen atoms in total.